The van der Waals surface area contributed by atoms with Crippen molar-refractivity contribution in [1.82, 2.24) is 4.90 Å². The quantitative estimate of drug-likeness (QED) is 0.510. The van der Waals surface area contributed by atoms with Gasteiger partial charge in [-0.25, -0.2) is 0 Å². The standard InChI is InChI=1S/C20H17NO6/c1-21-17(12-5-8-14-15(9-12)27-10-26-14)16(19(23)20(21)24)18(22)11-3-6-13(25-2)7-4-11/h3-9,17,22H,10H2,1-2H3/t17-/m0/s1. The minimum absolute atomic E-state index is 0.0338. The maximum Gasteiger partial charge on any atom is 0.295 e. The molecule has 2 aromatic carbocycles. The number of likely N-dealkylation sites (tertiary alicyclic amines) is 1. The van der Waals surface area contributed by atoms with Gasteiger partial charge in [-0.05, 0) is 42.0 Å². The highest BCUT2D eigenvalue weighted by atomic mass is 16.7. The molecule has 2 aromatic rings. The molecule has 0 aromatic heterocycles. The van der Waals surface area contributed by atoms with Crippen LogP contribution in [0.25, 0.3) is 5.76 Å². The first-order valence-electron chi connectivity index (χ1n) is 8.30. The average Bonchev–Trinajstić information content (AvgIpc) is 3.25. The van der Waals surface area contributed by atoms with E-state index in [1.807, 2.05) is 0 Å². The van der Waals surface area contributed by atoms with Crippen LogP contribution in [0.4, 0.5) is 0 Å². The maximum atomic E-state index is 12.6. The summed E-state index contributed by atoms with van der Waals surface area (Å²) in [6.07, 6.45) is 0. The summed E-state index contributed by atoms with van der Waals surface area (Å²) in [5, 5.41) is 10.8. The van der Waals surface area contributed by atoms with Gasteiger partial charge in [0.15, 0.2) is 11.5 Å². The van der Waals surface area contributed by atoms with Crippen LogP contribution in [0.15, 0.2) is 48.0 Å². The van der Waals surface area contributed by atoms with Gasteiger partial charge in [0.05, 0.1) is 18.7 Å². The Hall–Kier alpha value is -3.48. The molecule has 4 rings (SSSR count). The number of nitrogens with zero attached hydrogens (tertiary/aromatic N) is 1. The van der Waals surface area contributed by atoms with Gasteiger partial charge in [0, 0.05) is 12.6 Å². The molecule has 2 heterocycles. The Kier molecular flexibility index (Phi) is 3.99. The lowest BCUT2D eigenvalue weighted by molar-refractivity contribution is -0.139. The van der Waals surface area contributed by atoms with Crippen molar-refractivity contribution in [2.75, 3.05) is 21.0 Å². The number of likely N-dealkylation sites (N-methyl/N-ethyl adjacent to an activating group) is 1. The lowest BCUT2D eigenvalue weighted by atomic mass is 9.95. The molecule has 1 amide bonds. The highest BCUT2D eigenvalue weighted by Gasteiger charge is 2.44. The van der Waals surface area contributed by atoms with Crippen LogP contribution in [-0.2, 0) is 9.59 Å². The molecule has 7 nitrogen and oxygen atoms in total. The molecule has 0 aliphatic carbocycles. The van der Waals surface area contributed by atoms with Crippen LogP contribution in [0, 0.1) is 0 Å². The van der Waals surface area contributed by atoms with E-state index in [9.17, 15) is 14.7 Å². The molecule has 2 aliphatic heterocycles. The molecule has 7 heteroatoms. The zero-order valence-electron chi connectivity index (χ0n) is 14.8. The van der Waals surface area contributed by atoms with Crippen molar-refractivity contribution >= 4 is 17.4 Å². The highest BCUT2D eigenvalue weighted by Crippen LogP contribution is 2.42. The number of fused-ring (bicyclic) bond motifs is 1. The third-order valence-corrected chi connectivity index (χ3v) is 4.75. The number of hydrogen-bond donors (Lipinski definition) is 1. The van der Waals surface area contributed by atoms with E-state index >= 15 is 0 Å². The molecule has 138 valence electrons. The molecule has 0 unspecified atom stereocenters. The predicted octanol–water partition coefficient (Wildman–Crippen LogP) is 2.48. The highest BCUT2D eigenvalue weighted by molar-refractivity contribution is 6.46. The predicted molar refractivity (Wildman–Crippen MR) is 95.6 cm³/mol. The van der Waals surface area contributed by atoms with Crippen LogP contribution < -0.4 is 14.2 Å². The monoisotopic (exact) mass is 367 g/mol. The molecule has 1 N–H and O–H groups in total. The van der Waals surface area contributed by atoms with Crippen LogP contribution in [0.2, 0.25) is 0 Å². The number of aliphatic hydroxyl groups excluding tert-OH is 1. The summed E-state index contributed by atoms with van der Waals surface area (Å²) in [5.74, 6) is 0.122. The lowest BCUT2D eigenvalue weighted by Crippen LogP contribution is -2.24. The second-order valence-electron chi connectivity index (χ2n) is 6.25. The van der Waals surface area contributed by atoms with Crippen molar-refractivity contribution in [2.45, 2.75) is 6.04 Å². The van der Waals surface area contributed by atoms with E-state index < -0.39 is 17.7 Å². The van der Waals surface area contributed by atoms with Crippen LogP contribution in [0.5, 0.6) is 17.2 Å². The second kappa shape index (κ2) is 6.35. The van der Waals surface area contributed by atoms with E-state index in [2.05, 4.69) is 0 Å². The summed E-state index contributed by atoms with van der Waals surface area (Å²) in [5.41, 5.74) is 1.11. The molecular weight excluding hydrogens is 350 g/mol. The summed E-state index contributed by atoms with van der Waals surface area (Å²) in [4.78, 5) is 26.2. The first-order valence-corrected chi connectivity index (χ1v) is 8.30. The molecule has 1 atom stereocenters. The first kappa shape index (κ1) is 17.0. The van der Waals surface area contributed by atoms with Gasteiger partial charge in [-0.1, -0.05) is 6.07 Å². The zero-order valence-corrected chi connectivity index (χ0v) is 14.8. The van der Waals surface area contributed by atoms with Crippen molar-refractivity contribution in [2.24, 2.45) is 0 Å². The summed E-state index contributed by atoms with van der Waals surface area (Å²) in [6.45, 7) is 0.122. The van der Waals surface area contributed by atoms with E-state index in [1.54, 1.807) is 42.5 Å². The number of carbonyl (C=O) groups is 2. The number of ether oxygens (including phenoxy) is 3. The number of Topliss-reactive ketones (excluding diaryl/α,β-unsaturated/α-hetero) is 1. The number of rotatable bonds is 3. The molecule has 27 heavy (non-hydrogen) atoms. The van der Waals surface area contributed by atoms with Gasteiger partial charge in [0.2, 0.25) is 6.79 Å². The number of carbonyl (C=O) groups excluding carboxylic acids is 2. The van der Waals surface area contributed by atoms with Gasteiger partial charge in [-0.2, -0.15) is 0 Å². The summed E-state index contributed by atoms with van der Waals surface area (Å²) in [6, 6.07) is 11.1. The minimum Gasteiger partial charge on any atom is -0.507 e. The number of amides is 1. The summed E-state index contributed by atoms with van der Waals surface area (Å²) in [7, 11) is 3.07. The first-order chi connectivity index (χ1) is 13.0. The SMILES string of the molecule is COc1ccc(C(O)=C2C(=O)C(=O)N(C)[C@H]2c2ccc3c(c2)OCO3)cc1. The van der Waals surface area contributed by atoms with Crippen molar-refractivity contribution in [3.05, 3.63) is 59.2 Å². The van der Waals surface area contributed by atoms with Crippen molar-refractivity contribution in [3.63, 3.8) is 0 Å². The van der Waals surface area contributed by atoms with Gasteiger partial charge in [0.25, 0.3) is 11.7 Å². The Bertz CT molecular complexity index is 963. The van der Waals surface area contributed by atoms with Gasteiger partial charge in [-0.3, -0.25) is 9.59 Å². The normalized spacial score (nSPS) is 20.2. The molecule has 0 spiro atoms. The minimum atomic E-state index is -0.728. The molecule has 0 radical (unpaired) electrons. The van der Waals surface area contributed by atoms with E-state index in [1.165, 1.54) is 19.1 Å². The summed E-state index contributed by atoms with van der Waals surface area (Å²) < 4.78 is 15.8. The fourth-order valence-electron chi connectivity index (χ4n) is 3.33. The topological polar surface area (TPSA) is 85.3 Å². The molecule has 1 fully saturated rings. The smallest absolute Gasteiger partial charge is 0.295 e. The van der Waals surface area contributed by atoms with Crippen molar-refractivity contribution in [3.8, 4) is 17.2 Å². The number of methoxy groups -OCH3 is 1. The van der Waals surface area contributed by atoms with Gasteiger partial charge < -0.3 is 24.2 Å². The largest absolute Gasteiger partial charge is 0.507 e. The number of benzene rings is 2. The molecule has 0 saturated carbocycles. The van der Waals surface area contributed by atoms with Gasteiger partial charge >= 0.3 is 0 Å². The second-order valence-corrected chi connectivity index (χ2v) is 6.25. The van der Waals surface area contributed by atoms with Gasteiger partial charge in [-0.15, -0.1) is 0 Å². The third-order valence-electron chi connectivity index (χ3n) is 4.75. The Labute approximate surface area is 155 Å². The van der Waals surface area contributed by atoms with E-state index in [0.717, 1.165) is 0 Å². The van der Waals surface area contributed by atoms with Crippen molar-refractivity contribution < 1.29 is 28.9 Å². The van der Waals surface area contributed by atoms with Crippen LogP contribution in [-0.4, -0.2) is 42.6 Å². The fourth-order valence-corrected chi connectivity index (χ4v) is 3.33. The number of ketones is 1. The van der Waals surface area contributed by atoms with E-state index in [-0.39, 0.29) is 18.1 Å². The molecular formula is C20H17NO6. The number of hydrogen-bond acceptors (Lipinski definition) is 6. The zero-order chi connectivity index (χ0) is 19.1. The fraction of sp³-hybridized carbons (Fsp3) is 0.200. The van der Waals surface area contributed by atoms with Gasteiger partial charge in [0.1, 0.15) is 11.5 Å². The van der Waals surface area contributed by atoms with Crippen LogP contribution in [0.1, 0.15) is 17.2 Å². The Morgan fingerprint density at radius 2 is 1.81 bits per heavy atom. The Morgan fingerprint density at radius 1 is 1.11 bits per heavy atom. The number of aliphatic hydroxyl groups is 1. The van der Waals surface area contributed by atoms with Crippen LogP contribution in [0.3, 0.4) is 0 Å². The Balaban J connectivity index is 1.82. The molecule has 0 bridgehead atoms. The summed E-state index contributed by atoms with van der Waals surface area (Å²) >= 11 is 0. The van der Waals surface area contributed by atoms with E-state index in [4.69, 9.17) is 14.2 Å². The maximum absolute atomic E-state index is 12.6. The lowest BCUT2D eigenvalue weighted by Gasteiger charge is -2.21. The Morgan fingerprint density at radius 3 is 2.52 bits per heavy atom. The van der Waals surface area contributed by atoms with Crippen molar-refractivity contribution in [1.29, 1.82) is 0 Å². The molecule has 1 saturated heterocycles. The third kappa shape index (κ3) is 2.68. The van der Waals surface area contributed by atoms with Crippen LogP contribution >= 0.6 is 0 Å². The van der Waals surface area contributed by atoms with E-state index in [0.29, 0.717) is 28.4 Å². The average molecular weight is 367 g/mol. The molecule has 2 aliphatic rings.